The van der Waals surface area contributed by atoms with E-state index in [-0.39, 0.29) is 0 Å². The fourth-order valence-electron chi connectivity index (χ4n) is 2.32. The Morgan fingerprint density at radius 3 is 2.68 bits per heavy atom. The first-order chi connectivity index (χ1) is 9.10. The summed E-state index contributed by atoms with van der Waals surface area (Å²) in [6.45, 7) is 8.55. The van der Waals surface area contributed by atoms with Crippen molar-refractivity contribution in [2.24, 2.45) is 5.92 Å². The molecule has 0 aliphatic rings. The van der Waals surface area contributed by atoms with Gasteiger partial charge in [-0.1, -0.05) is 32.4 Å². The number of nitrogens with one attached hydrogen (secondary N) is 1. The van der Waals surface area contributed by atoms with E-state index >= 15 is 0 Å². The van der Waals surface area contributed by atoms with E-state index in [0.717, 1.165) is 17.4 Å². The van der Waals surface area contributed by atoms with Gasteiger partial charge < -0.3 is 9.88 Å². The van der Waals surface area contributed by atoms with Gasteiger partial charge in [0.15, 0.2) is 0 Å². The average Bonchev–Trinajstić information content (AvgIpc) is 2.96. The lowest BCUT2D eigenvalue weighted by Crippen LogP contribution is -2.25. The molecule has 2 rings (SSSR count). The Morgan fingerprint density at radius 2 is 2.11 bits per heavy atom. The number of halogens is 1. The van der Waals surface area contributed by atoms with Gasteiger partial charge in [0.05, 0.1) is 10.9 Å². The van der Waals surface area contributed by atoms with Crippen LogP contribution in [0.5, 0.6) is 0 Å². The smallest absolute Gasteiger partial charge is 0.0931 e. The van der Waals surface area contributed by atoms with Gasteiger partial charge in [-0.3, -0.25) is 0 Å². The maximum atomic E-state index is 5.96. The predicted octanol–water partition coefficient (Wildman–Crippen LogP) is 4.56. The standard InChI is InChI=1S/C15H21ClN2S/c1-4-17-15(11(2)3)12-7-8-18(9-12)10-13-5-6-14(16)19-13/h5-9,11,15,17H,4,10H2,1-3H3. The molecule has 2 aromatic heterocycles. The summed E-state index contributed by atoms with van der Waals surface area (Å²) in [6.07, 6.45) is 4.39. The third-order valence-electron chi connectivity index (χ3n) is 3.19. The van der Waals surface area contributed by atoms with Crippen LogP contribution >= 0.6 is 22.9 Å². The van der Waals surface area contributed by atoms with Crippen molar-refractivity contribution in [1.82, 2.24) is 9.88 Å². The van der Waals surface area contributed by atoms with Crippen LogP contribution in [0.3, 0.4) is 0 Å². The zero-order valence-electron chi connectivity index (χ0n) is 11.7. The van der Waals surface area contributed by atoms with Gasteiger partial charge in [-0.05, 0) is 36.2 Å². The van der Waals surface area contributed by atoms with Gasteiger partial charge in [-0.25, -0.2) is 0 Å². The molecule has 1 atom stereocenters. The zero-order valence-corrected chi connectivity index (χ0v) is 13.3. The van der Waals surface area contributed by atoms with Crippen LogP contribution in [0.15, 0.2) is 30.6 Å². The van der Waals surface area contributed by atoms with Crippen LogP contribution in [0.1, 0.15) is 37.3 Å². The predicted molar refractivity (Wildman–Crippen MR) is 84.1 cm³/mol. The summed E-state index contributed by atoms with van der Waals surface area (Å²) in [7, 11) is 0. The van der Waals surface area contributed by atoms with E-state index in [2.05, 4.69) is 55.2 Å². The second-order valence-electron chi connectivity index (χ2n) is 5.10. The molecule has 1 unspecified atom stereocenters. The summed E-state index contributed by atoms with van der Waals surface area (Å²) < 4.78 is 3.08. The van der Waals surface area contributed by atoms with Gasteiger partial charge >= 0.3 is 0 Å². The zero-order chi connectivity index (χ0) is 13.8. The molecule has 0 spiro atoms. The van der Waals surface area contributed by atoms with Crippen molar-refractivity contribution in [3.8, 4) is 0 Å². The monoisotopic (exact) mass is 296 g/mol. The van der Waals surface area contributed by atoms with Gasteiger partial charge in [-0.15, -0.1) is 11.3 Å². The van der Waals surface area contributed by atoms with Crippen molar-refractivity contribution in [1.29, 1.82) is 0 Å². The molecule has 4 heteroatoms. The third-order valence-corrected chi connectivity index (χ3v) is 4.41. The number of nitrogens with zero attached hydrogens (tertiary/aromatic N) is 1. The summed E-state index contributed by atoms with van der Waals surface area (Å²) in [6, 6.07) is 6.69. The molecule has 0 aliphatic carbocycles. The summed E-state index contributed by atoms with van der Waals surface area (Å²) in [5.41, 5.74) is 1.36. The van der Waals surface area contributed by atoms with E-state index in [1.807, 2.05) is 6.07 Å². The Morgan fingerprint density at radius 1 is 1.32 bits per heavy atom. The molecule has 2 aromatic rings. The van der Waals surface area contributed by atoms with E-state index in [4.69, 9.17) is 11.6 Å². The minimum absolute atomic E-state index is 0.429. The number of hydrogen-bond donors (Lipinski definition) is 1. The maximum Gasteiger partial charge on any atom is 0.0931 e. The molecule has 0 bridgehead atoms. The van der Waals surface area contributed by atoms with Gasteiger partial charge in [-0.2, -0.15) is 0 Å². The Kier molecular flexibility index (Phi) is 5.08. The summed E-state index contributed by atoms with van der Waals surface area (Å²) in [5, 5.41) is 3.55. The van der Waals surface area contributed by atoms with Crippen molar-refractivity contribution < 1.29 is 0 Å². The lowest BCUT2D eigenvalue weighted by molar-refractivity contribution is 0.421. The Labute approximate surface area is 124 Å². The highest BCUT2D eigenvalue weighted by molar-refractivity contribution is 7.16. The van der Waals surface area contributed by atoms with Crippen molar-refractivity contribution >= 4 is 22.9 Å². The molecule has 0 amide bonds. The molecule has 0 aliphatic heterocycles. The van der Waals surface area contributed by atoms with Gasteiger partial charge in [0.1, 0.15) is 0 Å². The van der Waals surface area contributed by atoms with Crippen molar-refractivity contribution in [2.75, 3.05) is 6.54 Å². The first-order valence-electron chi connectivity index (χ1n) is 6.73. The molecule has 2 heterocycles. The molecule has 0 fully saturated rings. The fraction of sp³-hybridized carbons (Fsp3) is 0.467. The van der Waals surface area contributed by atoms with Crippen molar-refractivity contribution in [2.45, 2.75) is 33.4 Å². The van der Waals surface area contributed by atoms with Crippen molar-refractivity contribution in [3.63, 3.8) is 0 Å². The third kappa shape index (κ3) is 3.85. The van der Waals surface area contributed by atoms with E-state index in [9.17, 15) is 0 Å². The van der Waals surface area contributed by atoms with E-state index < -0.39 is 0 Å². The Balaban J connectivity index is 2.09. The van der Waals surface area contributed by atoms with E-state index in [1.54, 1.807) is 11.3 Å². The summed E-state index contributed by atoms with van der Waals surface area (Å²) in [4.78, 5) is 1.29. The highest BCUT2D eigenvalue weighted by Gasteiger charge is 2.15. The molecule has 104 valence electrons. The normalized spacial score (nSPS) is 13.1. The largest absolute Gasteiger partial charge is 0.349 e. The fourth-order valence-corrected chi connectivity index (χ4v) is 3.41. The first-order valence-corrected chi connectivity index (χ1v) is 7.93. The Bertz CT molecular complexity index is 516. The Hall–Kier alpha value is -0.770. The van der Waals surface area contributed by atoms with Crippen LogP contribution in [0, 0.1) is 5.92 Å². The number of thiophene rings is 1. The minimum atomic E-state index is 0.429. The molecule has 0 saturated carbocycles. The van der Waals surface area contributed by atoms with Crippen LogP contribution in [-0.4, -0.2) is 11.1 Å². The first kappa shape index (κ1) is 14.6. The maximum absolute atomic E-state index is 5.96. The van der Waals surface area contributed by atoms with Crippen LogP contribution in [-0.2, 0) is 6.54 Å². The highest BCUT2D eigenvalue weighted by Crippen LogP contribution is 2.25. The molecule has 1 N–H and O–H groups in total. The quantitative estimate of drug-likeness (QED) is 0.827. The average molecular weight is 297 g/mol. The van der Waals surface area contributed by atoms with Crippen molar-refractivity contribution in [3.05, 3.63) is 45.4 Å². The van der Waals surface area contributed by atoms with Gasteiger partial charge in [0.2, 0.25) is 0 Å². The summed E-state index contributed by atoms with van der Waals surface area (Å²) in [5.74, 6) is 0.590. The lowest BCUT2D eigenvalue weighted by atomic mass is 9.98. The second kappa shape index (κ2) is 6.60. The summed E-state index contributed by atoms with van der Waals surface area (Å²) >= 11 is 7.61. The molecule has 0 aromatic carbocycles. The van der Waals surface area contributed by atoms with Crippen LogP contribution in [0.25, 0.3) is 0 Å². The SMILES string of the molecule is CCNC(c1ccn(Cc2ccc(Cl)s2)c1)C(C)C. The number of rotatable bonds is 6. The highest BCUT2D eigenvalue weighted by atomic mass is 35.5. The molecule has 2 nitrogen and oxygen atoms in total. The second-order valence-corrected chi connectivity index (χ2v) is 6.90. The molecule has 0 saturated heterocycles. The van der Waals surface area contributed by atoms with E-state index in [1.165, 1.54) is 10.4 Å². The minimum Gasteiger partial charge on any atom is -0.349 e. The van der Waals surface area contributed by atoms with Gasteiger partial charge in [0, 0.05) is 23.3 Å². The molecule has 19 heavy (non-hydrogen) atoms. The van der Waals surface area contributed by atoms with Crippen LogP contribution in [0.4, 0.5) is 0 Å². The topological polar surface area (TPSA) is 17.0 Å². The lowest BCUT2D eigenvalue weighted by Gasteiger charge is -2.20. The molecular weight excluding hydrogens is 276 g/mol. The molecule has 0 radical (unpaired) electrons. The van der Waals surface area contributed by atoms with Gasteiger partial charge in [0.25, 0.3) is 0 Å². The van der Waals surface area contributed by atoms with E-state index in [0.29, 0.717) is 12.0 Å². The molecular formula is C15H21ClN2S. The van der Waals surface area contributed by atoms with Crippen LogP contribution in [0.2, 0.25) is 4.34 Å². The number of hydrogen-bond acceptors (Lipinski definition) is 2. The number of aromatic nitrogens is 1. The van der Waals surface area contributed by atoms with Crippen LogP contribution < -0.4 is 5.32 Å².